The molecule has 0 spiro atoms. The van der Waals surface area contributed by atoms with Crippen LogP contribution < -0.4 is 15.4 Å². The molecule has 3 aromatic rings. The molecule has 2 aromatic heterocycles. The van der Waals surface area contributed by atoms with Crippen LogP contribution in [0.2, 0.25) is 5.02 Å². The Morgan fingerprint density at radius 2 is 2.03 bits per heavy atom. The smallest absolute Gasteiger partial charge is 0.316 e. The highest BCUT2D eigenvalue weighted by atomic mass is 79.9. The number of rotatable bonds is 9. The summed E-state index contributed by atoms with van der Waals surface area (Å²) in [7, 11) is 0. The molecule has 0 aliphatic carbocycles. The van der Waals surface area contributed by atoms with Crippen LogP contribution in [0.1, 0.15) is 16.5 Å². The molecule has 2 N–H and O–H groups in total. The second-order valence-corrected chi connectivity index (χ2v) is 8.05. The Morgan fingerprint density at radius 3 is 2.77 bits per heavy atom. The summed E-state index contributed by atoms with van der Waals surface area (Å²) < 4.78 is 13.5. The maximum absolute atomic E-state index is 12.0. The molecule has 0 saturated carbocycles. The summed E-state index contributed by atoms with van der Waals surface area (Å²) >= 11 is 12.5. The van der Waals surface area contributed by atoms with Crippen molar-refractivity contribution in [2.24, 2.45) is 0 Å². The van der Waals surface area contributed by atoms with Crippen LogP contribution in [-0.4, -0.2) is 51.4 Å². The van der Waals surface area contributed by atoms with Crippen LogP contribution in [0.25, 0.3) is 0 Å². The summed E-state index contributed by atoms with van der Waals surface area (Å²) in [4.78, 5) is 27.9. The molecular weight excluding hydrogens is 547 g/mol. The Kier molecular flexibility index (Phi) is 7.82. The lowest BCUT2D eigenvalue weighted by Gasteiger charge is -2.09. The number of carbonyl (C=O) groups is 2. The Morgan fingerprint density at radius 1 is 1.23 bits per heavy atom. The zero-order valence-corrected chi connectivity index (χ0v) is 19.2. The predicted octanol–water partition coefficient (Wildman–Crippen LogP) is 2.42. The van der Waals surface area contributed by atoms with Gasteiger partial charge in [0.05, 0.1) is 15.7 Å². The second kappa shape index (κ2) is 10.5. The minimum Gasteiger partial charge on any atom is -0.483 e. The number of halogens is 3. The molecule has 1 aromatic carbocycles. The van der Waals surface area contributed by atoms with Crippen molar-refractivity contribution >= 4 is 55.3 Å². The number of ether oxygens (including phenoxy) is 1. The largest absolute Gasteiger partial charge is 0.483 e. The predicted molar refractivity (Wildman–Crippen MR) is 113 cm³/mol. The van der Waals surface area contributed by atoms with Gasteiger partial charge in [-0.05, 0) is 34.1 Å². The van der Waals surface area contributed by atoms with Crippen LogP contribution in [0.15, 0.2) is 44.1 Å². The third-order valence-electron chi connectivity index (χ3n) is 3.55. The van der Waals surface area contributed by atoms with Crippen LogP contribution >= 0.6 is 43.5 Å². The molecule has 13 heteroatoms. The topological polar surface area (TPSA) is 124 Å². The van der Waals surface area contributed by atoms with Gasteiger partial charge in [-0.2, -0.15) is 10.1 Å². The monoisotopic (exact) mass is 560 g/mol. The first-order valence-electron chi connectivity index (χ1n) is 8.54. The van der Waals surface area contributed by atoms with Gasteiger partial charge < -0.3 is 19.9 Å². The lowest BCUT2D eigenvalue weighted by molar-refractivity contribution is -0.123. The Bertz CT molecular complexity index is 1040. The van der Waals surface area contributed by atoms with Crippen LogP contribution in [0.4, 0.5) is 0 Å². The van der Waals surface area contributed by atoms with Gasteiger partial charge in [-0.15, -0.1) is 0 Å². The molecular formula is C17H15Br2ClN6O4. The maximum atomic E-state index is 12.0. The first-order chi connectivity index (χ1) is 14.4. The van der Waals surface area contributed by atoms with Gasteiger partial charge in [-0.3, -0.25) is 14.3 Å². The van der Waals surface area contributed by atoms with Crippen LogP contribution in [0.3, 0.4) is 0 Å². The molecule has 2 heterocycles. The molecule has 0 radical (unpaired) electrons. The van der Waals surface area contributed by atoms with Gasteiger partial charge in [0, 0.05) is 23.8 Å². The van der Waals surface area contributed by atoms with Crippen molar-refractivity contribution in [1.82, 2.24) is 30.6 Å². The summed E-state index contributed by atoms with van der Waals surface area (Å²) in [6.45, 7) is 0.452. The van der Waals surface area contributed by atoms with E-state index in [0.717, 1.165) is 8.95 Å². The van der Waals surface area contributed by atoms with E-state index in [1.54, 1.807) is 18.3 Å². The van der Waals surface area contributed by atoms with Crippen molar-refractivity contribution < 1.29 is 18.8 Å². The van der Waals surface area contributed by atoms with Gasteiger partial charge in [0.25, 0.3) is 5.91 Å². The number of nitrogens with zero attached hydrogens (tertiary/aromatic N) is 4. The number of aromatic nitrogens is 4. The quantitative estimate of drug-likeness (QED) is 0.384. The van der Waals surface area contributed by atoms with E-state index in [4.69, 9.17) is 20.9 Å². The fourth-order valence-electron chi connectivity index (χ4n) is 2.22. The van der Waals surface area contributed by atoms with Crippen molar-refractivity contribution in [2.45, 2.75) is 6.54 Å². The van der Waals surface area contributed by atoms with E-state index in [1.807, 2.05) is 6.07 Å². The summed E-state index contributed by atoms with van der Waals surface area (Å²) in [5, 5.41) is 13.4. The lowest BCUT2D eigenvalue weighted by Crippen LogP contribution is -2.36. The first-order valence-corrected chi connectivity index (χ1v) is 10.5. The van der Waals surface area contributed by atoms with E-state index in [-0.39, 0.29) is 43.9 Å². The van der Waals surface area contributed by atoms with Crippen molar-refractivity contribution in [3.05, 3.63) is 56.3 Å². The van der Waals surface area contributed by atoms with E-state index in [1.165, 1.54) is 10.9 Å². The van der Waals surface area contributed by atoms with E-state index < -0.39 is 5.91 Å². The van der Waals surface area contributed by atoms with Crippen molar-refractivity contribution in [2.75, 3.05) is 19.7 Å². The molecule has 0 aliphatic heterocycles. The number of amides is 2. The highest BCUT2D eigenvalue weighted by Gasteiger charge is 2.15. The minimum atomic E-state index is -0.545. The Balaban J connectivity index is 1.35. The number of carbonyl (C=O) groups excluding carboxylic acids is 2. The molecule has 0 aliphatic rings. The van der Waals surface area contributed by atoms with E-state index in [0.29, 0.717) is 10.8 Å². The number of nitrogens with one attached hydrogen (secondary N) is 2. The zero-order valence-electron chi connectivity index (χ0n) is 15.3. The van der Waals surface area contributed by atoms with Gasteiger partial charge in [0.2, 0.25) is 0 Å². The van der Waals surface area contributed by atoms with Gasteiger partial charge in [0.15, 0.2) is 12.4 Å². The van der Waals surface area contributed by atoms with Gasteiger partial charge >= 0.3 is 11.8 Å². The summed E-state index contributed by atoms with van der Waals surface area (Å²) in [6, 6.07) is 5.36. The zero-order chi connectivity index (χ0) is 21.5. The Hall–Kier alpha value is -2.44. The van der Waals surface area contributed by atoms with Crippen molar-refractivity contribution in [1.29, 1.82) is 0 Å². The normalized spacial score (nSPS) is 10.6. The van der Waals surface area contributed by atoms with Crippen molar-refractivity contribution in [3.63, 3.8) is 0 Å². The molecule has 30 heavy (non-hydrogen) atoms. The molecule has 0 fully saturated rings. The number of hydrogen-bond acceptors (Lipinski definition) is 7. The maximum Gasteiger partial charge on any atom is 0.316 e. The van der Waals surface area contributed by atoms with Crippen LogP contribution in [0, 0.1) is 0 Å². The summed E-state index contributed by atoms with van der Waals surface area (Å²) in [5.74, 6) is -0.220. The second-order valence-electron chi connectivity index (χ2n) is 5.84. The molecule has 0 unspecified atom stereocenters. The fourth-order valence-corrected chi connectivity index (χ4v) is 3.54. The average molecular weight is 563 g/mol. The molecule has 0 saturated heterocycles. The molecule has 158 valence electrons. The van der Waals surface area contributed by atoms with Gasteiger partial charge in [-0.25, -0.2) is 0 Å². The van der Waals surface area contributed by atoms with E-state index in [9.17, 15) is 9.59 Å². The third kappa shape index (κ3) is 6.54. The average Bonchev–Trinajstić information content (AvgIpc) is 3.33. The molecule has 0 atom stereocenters. The molecule has 0 bridgehead atoms. The van der Waals surface area contributed by atoms with E-state index >= 15 is 0 Å². The summed E-state index contributed by atoms with van der Waals surface area (Å²) in [6.07, 6.45) is 3.08. The standard InChI is InChI=1S/C17H15Br2ClN6O4/c18-10-1-2-13(12(19)5-10)29-9-15(27)21-3-4-22-16(28)17-24-14(25-30-17)8-26-7-11(20)6-23-26/h1-2,5-7H,3-4,8-9H2,(H,21,27)(H,22,28). The fraction of sp³-hybridized carbons (Fsp3) is 0.235. The number of hydrogen-bond donors (Lipinski definition) is 2. The van der Waals surface area contributed by atoms with Crippen molar-refractivity contribution in [3.8, 4) is 5.75 Å². The highest BCUT2D eigenvalue weighted by molar-refractivity contribution is 9.11. The minimum absolute atomic E-state index is 0.154. The van der Waals surface area contributed by atoms with Crippen LogP contribution in [-0.2, 0) is 11.3 Å². The molecule has 10 nitrogen and oxygen atoms in total. The number of benzene rings is 1. The SMILES string of the molecule is O=C(COc1ccc(Br)cc1Br)NCCNC(=O)c1nc(Cn2cc(Cl)cn2)no1. The highest BCUT2D eigenvalue weighted by Crippen LogP contribution is 2.28. The summed E-state index contributed by atoms with van der Waals surface area (Å²) in [5.41, 5.74) is 0. The molecule has 2 amide bonds. The van der Waals surface area contributed by atoms with Gasteiger partial charge in [-0.1, -0.05) is 32.7 Å². The first kappa shape index (κ1) is 22.2. The van der Waals surface area contributed by atoms with E-state index in [2.05, 4.69) is 57.7 Å². The van der Waals surface area contributed by atoms with Gasteiger partial charge in [0.1, 0.15) is 12.3 Å². The molecule has 3 rings (SSSR count). The third-order valence-corrected chi connectivity index (χ3v) is 4.86. The van der Waals surface area contributed by atoms with Crippen LogP contribution in [0.5, 0.6) is 5.75 Å². The lowest BCUT2D eigenvalue weighted by atomic mass is 10.3. The Labute approximate surface area is 192 Å².